The molecule has 116 valence electrons. The van der Waals surface area contributed by atoms with Crippen LogP contribution in [0.4, 0.5) is 0 Å². The van der Waals surface area contributed by atoms with E-state index in [-0.39, 0.29) is 5.69 Å². The molecule has 0 unspecified atom stereocenters. The highest BCUT2D eigenvalue weighted by Crippen LogP contribution is 2.25. The van der Waals surface area contributed by atoms with E-state index in [1.54, 1.807) is 6.20 Å². The van der Waals surface area contributed by atoms with E-state index in [2.05, 4.69) is 11.1 Å². The molecule has 0 amide bonds. The van der Waals surface area contributed by atoms with Gasteiger partial charge in [-0.25, -0.2) is 9.78 Å². The summed E-state index contributed by atoms with van der Waals surface area (Å²) in [5.74, 6) is -0.395. The standard InChI is InChI=1S/C19H18N2O2/c1-12-4-6-15(7-5-12)18-20-17(19(22)23)11-21(18)16-9-13(2)8-14(3)10-16/h4-11H,1-3H3,(H,22,23). The quantitative estimate of drug-likeness (QED) is 0.790. The number of imidazole rings is 1. The first kappa shape index (κ1) is 15.0. The summed E-state index contributed by atoms with van der Waals surface area (Å²) in [6.07, 6.45) is 1.58. The summed E-state index contributed by atoms with van der Waals surface area (Å²) in [7, 11) is 0. The second kappa shape index (κ2) is 5.72. The summed E-state index contributed by atoms with van der Waals surface area (Å²) in [6, 6.07) is 14.1. The summed E-state index contributed by atoms with van der Waals surface area (Å²) in [4.78, 5) is 15.7. The smallest absolute Gasteiger partial charge is 0.356 e. The van der Waals surface area contributed by atoms with Crippen LogP contribution in [0.1, 0.15) is 27.2 Å². The van der Waals surface area contributed by atoms with Gasteiger partial charge in [0.1, 0.15) is 5.82 Å². The fourth-order valence-electron chi connectivity index (χ4n) is 2.68. The van der Waals surface area contributed by atoms with Gasteiger partial charge in [-0.2, -0.15) is 0 Å². The zero-order chi connectivity index (χ0) is 16.6. The van der Waals surface area contributed by atoms with Gasteiger partial charge in [0.2, 0.25) is 0 Å². The largest absolute Gasteiger partial charge is 0.476 e. The lowest BCUT2D eigenvalue weighted by molar-refractivity contribution is 0.0691. The highest BCUT2D eigenvalue weighted by Gasteiger charge is 2.16. The maximum absolute atomic E-state index is 11.3. The average Bonchev–Trinajstić information content (AvgIpc) is 2.92. The number of benzene rings is 2. The molecule has 0 atom stereocenters. The van der Waals surface area contributed by atoms with Crippen LogP contribution in [0.5, 0.6) is 0 Å². The van der Waals surface area contributed by atoms with Gasteiger partial charge in [-0.1, -0.05) is 35.9 Å². The Labute approximate surface area is 135 Å². The maximum atomic E-state index is 11.3. The number of nitrogens with zero attached hydrogens (tertiary/aromatic N) is 2. The molecule has 3 rings (SSSR count). The Morgan fingerprint density at radius 3 is 2.13 bits per heavy atom. The van der Waals surface area contributed by atoms with Crippen molar-refractivity contribution in [3.63, 3.8) is 0 Å². The third-order valence-electron chi connectivity index (χ3n) is 3.72. The first-order chi connectivity index (χ1) is 10.9. The molecule has 0 aliphatic rings. The van der Waals surface area contributed by atoms with Gasteiger partial charge in [0.25, 0.3) is 0 Å². The van der Waals surface area contributed by atoms with E-state index < -0.39 is 5.97 Å². The van der Waals surface area contributed by atoms with E-state index >= 15 is 0 Å². The van der Waals surface area contributed by atoms with Gasteiger partial charge >= 0.3 is 5.97 Å². The predicted octanol–water partition coefficient (Wildman–Crippen LogP) is 4.16. The van der Waals surface area contributed by atoms with Crippen LogP contribution in [0, 0.1) is 20.8 Å². The molecule has 0 radical (unpaired) electrons. The lowest BCUT2D eigenvalue weighted by atomic mass is 10.1. The number of hydrogen-bond acceptors (Lipinski definition) is 2. The maximum Gasteiger partial charge on any atom is 0.356 e. The summed E-state index contributed by atoms with van der Waals surface area (Å²) in [5.41, 5.74) is 5.25. The van der Waals surface area contributed by atoms with Gasteiger partial charge in [-0.05, 0) is 44.0 Å². The Balaban J connectivity index is 2.22. The van der Waals surface area contributed by atoms with Crippen LogP contribution in [-0.4, -0.2) is 20.6 Å². The molecule has 4 heteroatoms. The monoisotopic (exact) mass is 306 g/mol. The SMILES string of the molecule is Cc1ccc(-c2nc(C(=O)O)cn2-c2cc(C)cc(C)c2)cc1. The number of aromatic nitrogens is 2. The fourth-order valence-corrected chi connectivity index (χ4v) is 2.68. The van der Waals surface area contributed by atoms with E-state index in [0.29, 0.717) is 5.82 Å². The first-order valence-electron chi connectivity index (χ1n) is 7.42. The Morgan fingerprint density at radius 1 is 0.957 bits per heavy atom. The number of carboxylic acid groups (broad SMARTS) is 1. The number of aryl methyl sites for hydroxylation is 3. The zero-order valence-corrected chi connectivity index (χ0v) is 13.4. The molecule has 1 heterocycles. The van der Waals surface area contributed by atoms with Crippen molar-refractivity contribution in [1.82, 2.24) is 9.55 Å². The highest BCUT2D eigenvalue weighted by atomic mass is 16.4. The Bertz CT molecular complexity index is 857. The van der Waals surface area contributed by atoms with Crippen LogP contribution in [0.15, 0.2) is 48.7 Å². The molecule has 0 saturated carbocycles. The lowest BCUT2D eigenvalue weighted by Gasteiger charge is -2.10. The number of aromatic carboxylic acids is 1. The van der Waals surface area contributed by atoms with Crippen LogP contribution in [-0.2, 0) is 0 Å². The number of rotatable bonds is 3. The van der Waals surface area contributed by atoms with E-state index in [9.17, 15) is 9.90 Å². The van der Waals surface area contributed by atoms with Crippen molar-refractivity contribution in [2.24, 2.45) is 0 Å². The zero-order valence-electron chi connectivity index (χ0n) is 13.4. The summed E-state index contributed by atoms with van der Waals surface area (Å²) < 4.78 is 1.84. The Morgan fingerprint density at radius 2 is 1.57 bits per heavy atom. The molecule has 0 saturated heterocycles. The minimum atomic E-state index is -1.03. The van der Waals surface area contributed by atoms with Gasteiger partial charge in [0, 0.05) is 17.4 Å². The van der Waals surface area contributed by atoms with Crippen molar-refractivity contribution in [2.45, 2.75) is 20.8 Å². The van der Waals surface area contributed by atoms with Crippen molar-refractivity contribution in [3.05, 3.63) is 71.0 Å². The fraction of sp³-hybridized carbons (Fsp3) is 0.158. The molecule has 2 aromatic carbocycles. The van der Waals surface area contributed by atoms with Gasteiger partial charge in [0.05, 0.1) is 0 Å². The summed E-state index contributed by atoms with van der Waals surface area (Å²) in [6.45, 7) is 6.07. The van der Waals surface area contributed by atoms with Gasteiger partial charge in [-0.15, -0.1) is 0 Å². The average molecular weight is 306 g/mol. The third-order valence-corrected chi connectivity index (χ3v) is 3.72. The van der Waals surface area contributed by atoms with Crippen LogP contribution in [0.3, 0.4) is 0 Å². The third kappa shape index (κ3) is 3.01. The molecule has 3 aromatic rings. The summed E-state index contributed by atoms with van der Waals surface area (Å²) in [5, 5.41) is 9.29. The number of carbonyl (C=O) groups is 1. The molecule has 0 spiro atoms. The number of hydrogen-bond donors (Lipinski definition) is 1. The molecule has 0 aliphatic carbocycles. The Hall–Kier alpha value is -2.88. The van der Waals surface area contributed by atoms with E-state index in [0.717, 1.165) is 27.9 Å². The molecule has 0 bridgehead atoms. The van der Waals surface area contributed by atoms with Gasteiger partial charge in [0.15, 0.2) is 5.69 Å². The lowest BCUT2D eigenvalue weighted by Crippen LogP contribution is -1.97. The van der Waals surface area contributed by atoms with Crippen LogP contribution < -0.4 is 0 Å². The number of carboxylic acids is 1. The van der Waals surface area contributed by atoms with Crippen LogP contribution in [0.2, 0.25) is 0 Å². The molecule has 0 aliphatic heterocycles. The molecule has 4 nitrogen and oxygen atoms in total. The van der Waals surface area contributed by atoms with E-state index in [4.69, 9.17) is 0 Å². The topological polar surface area (TPSA) is 55.1 Å². The molecule has 1 N–H and O–H groups in total. The van der Waals surface area contributed by atoms with Crippen LogP contribution in [0.25, 0.3) is 17.1 Å². The molecular formula is C19H18N2O2. The first-order valence-corrected chi connectivity index (χ1v) is 7.42. The second-order valence-corrected chi connectivity index (χ2v) is 5.84. The molecular weight excluding hydrogens is 288 g/mol. The van der Waals surface area contributed by atoms with Crippen molar-refractivity contribution in [1.29, 1.82) is 0 Å². The van der Waals surface area contributed by atoms with Crippen molar-refractivity contribution in [3.8, 4) is 17.1 Å². The van der Waals surface area contributed by atoms with Crippen LogP contribution >= 0.6 is 0 Å². The highest BCUT2D eigenvalue weighted by molar-refractivity contribution is 5.86. The van der Waals surface area contributed by atoms with Gasteiger partial charge < -0.3 is 5.11 Å². The normalized spacial score (nSPS) is 10.7. The van der Waals surface area contributed by atoms with E-state index in [1.807, 2.05) is 61.7 Å². The van der Waals surface area contributed by atoms with Crippen molar-refractivity contribution < 1.29 is 9.90 Å². The predicted molar refractivity (Wildman–Crippen MR) is 90.2 cm³/mol. The summed E-state index contributed by atoms with van der Waals surface area (Å²) >= 11 is 0. The molecule has 23 heavy (non-hydrogen) atoms. The second-order valence-electron chi connectivity index (χ2n) is 5.84. The van der Waals surface area contributed by atoms with Crippen molar-refractivity contribution >= 4 is 5.97 Å². The minimum Gasteiger partial charge on any atom is -0.476 e. The van der Waals surface area contributed by atoms with Crippen molar-refractivity contribution in [2.75, 3.05) is 0 Å². The minimum absolute atomic E-state index is 0.0414. The molecule has 0 fully saturated rings. The molecule has 1 aromatic heterocycles. The Kier molecular flexibility index (Phi) is 3.74. The van der Waals surface area contributed by atoms with E-state index in [1.165, 1.54) is 0 Å². The van der Waals surface area contributed by atoms with Gasteiger partial charge in [-0.3, -0.25) is 4.57 Å².